The first-order valence-corrected chi connectivity index (χ1v) is 20.7. The quantitative estimate of drug-likeness (QED) is 0.191. The van der Waals surface area contributed by atoms with Crippen LogP contribution in [0.25, 0.3) is 0 Å². The third-order valence-corrected chi connectivity index (χ3v) is 11.6. The lowest BCUT2D eigenvalue weighted by atomic mass is 9.89. The second-order valence-electron chi connectivity index (χ2n) is 17.0. The predicted octanol–water partition coefficient (Wildman–Crippen LogP) is 4.06. The van der Waals surface area contributed by atoms with Gasteiger partial charge in [0.25, 0.3) is 11.8 Å². The van der Waals surface area contributed by atoms with Gasteiger partial charge >= 0.3 is 5.97 Å². The summed E-state index contributed by atoms with van der Waals surface area (Å²) < 4.78 is 17.4. The molecule has 1 aromatic carbocycles. The number of likely N-dealkylation sites (N-methyl/N-ethyl adjacent to an activating group) is 2. The molecule has 5 amide bonds. The number of hydrogen-bond acceptors (Lipinski definition) is 10. The topological polar surface area (TPSA) is 155 Å². The van der Waals surface area contributed by atoms with Crippen LogP contribution in [-0.4, -0.2) is 139 Å². The zero-order valence-electron chi connectivity index (χ0n) is 37.0. The van der Waals surface area contributed by atoms with Crippen LogP contribution >= 0.6 is 0 Å². The zero-order chi connectivity index (χ0) is 43.6. The van der Waals surface area contributed by atoms with E-state index in [0.717, 1.165) is 10.5 Å². The molecular formula is C44H69N5O9. The van der Waals surface area contributed by atoms with Crippen LogP contribution in [-0.2, 0) is 49.4 Å². The maximum Gasteiger partial charge on any atom is 0.329 e. The number of carbonyl (C=O) groups excluding carboxylic acids is 6. The average Bonchev–Trinajstić information content (AvgIpc) is 3.79. The molecule has 3 rings (SSSR count). The van der Waals surface area contributed by atoms with Crippen LogP contribution in [0.1, 0.15) is 86.6 Å². The van der Waals surface area contributed by atoms with Gasteiger partial charge in [0.05, 0.1) is 31.7 Å². The largest absolute Gasteiger partial charge is 0.499 e. The Morgan fingerprint density at radius 3 is 2.07 bits per heavy atom. The van der Waals surface area contributed by atoms with Crippen LogP contribution in [0.4, 0.5) is 0 Å². The minimum atomic E-state index is -1.29. The standard InChI is InChI=1S/C44H69N5O9/c1-14-29(8)39(47(11)42(53)37(26(2)3)45-41(52)38(27(4)5)46(9)10)34(57-13)25-35(50)48-22-18-21-31(48)44(55)58-40(28(6)7)43(54)49-32(33(56-12)24-36(49)51)23-30-19-16-15-17-20-30/h15-17,19-20,24,26-29,31-32,34,37-40H,14,18,21-23,25H2,1-13H3,(H,45,52)/t29-,31-,32-,34+,37-,38-,39?,40-/m0/s1. The second-order valence-corrected chi connectivity index (χ2v) is 17.0. The van der Waals surface area contributed by atoms with Crippen molar-refractivity contribution < 1.29 is 43.0 Å². The summed E-state index contributed by atoms with van der Waals surface area (Å²) in [5.74, 6) is -3.24. The lowest BCUT2D eigenvalue weighted by Crippen LogP contribution is -2.59. The van der Waals surface area contributed by atoms with Crippen molar-refractivity contribution in [2.45, 2.75) is 130 Å². The summed E-state index contributed by atoms with van der Waals surface area (Å²) in [5, 5.41) is 3.01. The fourth-order valence-electron chi connectivity index (χ4n) is 8.30. The molecule has 58 heavy (non-hydrogen) atoms. The predicted molar refractivity (Wildman–Crippen MR) is 221 cm³/mol. The van der Waals surface area contributed by atoms with Crippen molar-refractivity contribution in [2.24, 2.45) is 23.7 Å². The monoisotopic (exact) mass is 812 g/mol. The maximum atomic E-state index is 14.2. The molecule has 1 unspecified atom stereocenters. The van der Waals surface area contributed by atoms with Gasteiger partial charge in [0.1, 0.15) is 23.9 Å². The van der Waals surface area contributed by atoms with Gasteiger partial charge in [-0.3, -0.25) is 33.8 Å². The number of hydrogen-bond donors (Lipinski definition) is 1. The van der Waals surface area contributed by atoms with E-state index in [4.69, 9.17) is 14.2 Å². The maximum absolute atomic E-state index is 14.2. The highest BCUT2D eigenvalue weighted by Gasteiger charge is 2.46. The van der Waals surface area contributed by atoms with Crippen molar-refractivity contribution in [3.63, 3.8) is 0 Å². The average molecular weight is 812 g/mol. The van der Waals surface area contributed by atoms with Gasteiger partial charge in [-0.15, -0.1) is 0 Å². The van der Waals surface area contributed by atoms with Crippen LogP contribution in [0, 0.1) is 23.7 Å². The van der Waals surface area contributed by atoms with E-state index >= 15 is 0 Å². The molecule has 1 saturated heterocycles. The molecule has 1 fully saturated rings. The second kappa shape index (κ2) is 21.6. The number of carbonyl (C=O) groups is 6. The Kier molecular flexibility index (Phi) is 17.9. The lowest BCUT2D eigenvalue weighted by molar-refractivity contribution is -0.170. The zero-order valence-corrected chi connectivity index (χ0v) is 37.0. The van der Waals surface area contributed by atoms with Crippen molar-refractivity contribution >= 4 is 35.5 Å². The molecule has 2 aliphatic rings. The Balaban J connectivity index is 1.81. The summed E-state index contributed by atoms with van der Waals surface area (Å²) in [7, 11) is 8.30. The van der Waals surface area contributed by atoms with Crippen molar-refractivity contribution in [1.29, 1.82) is 0 Å². The van der Waals surface area contributed by atoms with Crippen molar-refractivity contribution in [3.05, 3.63) is 47.7 Å². The first-order chi connectivity index (χ1) is 27.3. The number of nitrogens with zero attached hydrogens (tertiary/aromatic N) is 4. The smallest absolute Gasteiger partial charge is 0.329 e. The minimum absolute atomic E-state index is 0.0174. The summed E-state index contributed by atoms with van der Waals surface area (Å²) in [6, 6.07) is 5.98. The van der Waals surface area contributed by atoms with Gasteiger partial charge in [0, 0.05) is 33.2 Å². The highest BCUT2D eigenvalue weighted by Crippen LogP contribution is 2.30. The number of imide groups is 1. The molecule has 14 heteroatoms. The first kappa shape index (κ1) is 48.1. The highest BCUT2D eigenvalue weighted by atomic mass is 16.6. The van der Waals surface area contributed by atoms with Crippen LogP contribution in [0.3, 0.4) is 0 Å². The van der Waals surface area contributed by atoms with Crippen LogP contribution < -0.4 is 5.32 Å². The number of amides is 5. The summed E-state index contributed by atoms with van der Waals surface area (Å²) in [6.07, 6.45) is 1.02. The fourth-order valence-corrected chi connectivity index (χ4v) is 8.30. The summed E-state index contributed by atoms with van der Waals surface area (Å²) >= 11 is 0. The van der Waals surface area contributed by atoms with Crippen molar-refractivity contribution in [2.75, 3.05) is 41.9 Å². The van der Waals surface area contributed by atoms with Crippen LogP contribution in [0.5, 0.6) is 0 Å². The number of likely N-dealkylation sites (tertiary alicyclic amines) is 1. The first-order valence-electron chi connectivity index (χ1n) is 20.7. The van der Waals surface area contributed by atoms with E-state index in [0.29, 0.717) is 38.0 Å². The van der Waals surface area contributed by atoms with Gasteiger partial charge in [-0.2, -0.15) is 0 Å². The molecule has 0 aliphatic carbocycles. The third kappa shape index (κ3) is 11.5. The lowest BCUT2D eigenvalue weighted by Gasteiger charge is -2.40. The highest BCUT2D eigenvalue weighted by molar-refractivity contribution is 6.06. The Hall–Kier alpha value is -4.30. The Morgan fingerprint density at radius 2 is 1.55 bits per heavy atom. The molecule has 2 heterocycles. The van der Waals surface area contributed by atoms with Crippen molar-refractivity contribution in [3.8, 4) is 0 Å². The number of rotatable bonds is 20. The normalized spacial score (nSPS) is 20.2. The molecule has 0 spiro atoms. The Labute approximate surface area is 345 Å². The van der Waals surface area contributed by atoms with Crippen LogP contribution in [0.2, 0.25) is 0 Å². The molecule has 2 aliphatic heterocycles. The van der Waals surface area contributed by atoms with Gasteiger partial charge < -0.3 is 29.3 Å². The molecular weight excluding hydrogens is 743 g/mol. The van der Waals surface area contributed by atoms with Gasteiger partial charge in [-0.1, -0.05) is 92.1 Å². The van der Waals surface area contributed by atoms with E-state index in [9.17, 15) is 28.8 Å². The van der Waals surface area contributed by atoms with E-state index in [1.165, 1.54) is 25.2 Å². The molecule has 1 N–H and O–H groups in total. The molecule has 0 bridgehead atoms. The van der Waals surface area contributed by atoms with E-state index in [-0.39, 0.29) is 41.9 Å². The van der Waals surface area contributed by atoms with Gasteiger partial charge in [0.2, 0.25) is 17.7 Å². The summed E-state index contributed by atoms with van der Waals surface area (Å²) in [6.45, 7) is 15.5. The molecule has 324 valence electrons. The molecule has 0 aromatic heterocycles. The number of methoxy groups -OCH3 is 2. The van der Waals surface area contributed by atoms with Gasteiger partial charge in [0.15, 0.2) is 6.10 Å². The molecule has 0 saturated carbocycles. The van der Waals surface area contributed by atoms with Crippen molar-refractivity contribution in [1.82, 2.24) is 24.9 Å². The number of benzene rings is 1. The van der Waals surface area contributed by atoms with E-state index < -0.39 is 66.1 Å². The number of nitrogens with one attached hydrogen (secondary N) is 1. The van der Waals surface area contributed by atoms with Gasteiger partial charge in [-0.05, 0) is 56.2 Å². The number of ether oxygens (including phenoxy) is 3. The molecule has 14 nitrogen and oxygen atoms in total. The summed E-state index contributed by atoms with van der Waals surface area (Å²) in [4.78, 5) is 89.2. The molecule has 0 radical (unpaired) electrons. The molecule has 8 atom stereocenters. The number of esters is 1. The van der Waals surface area contributed by atoms with E-state index in [2.05, 4.69) is 5.32 Å². The Bertz CT molecular complexity index is 1600. The minimum Gasteiger partial charge on any atom is -0.499 e. The Morgan fingerprint density at radius 1 is 0.914 bits per heavy atom. The SMILES string of the molecule is CC[C@H](C)C([C@@H](CC(=O)N1CCC[C@H]1C(=O)O[C@H](C(=O)N1C(=O)C=C(OC)[C@@H]1Cc1ccccc1)C(C)C)OC)N(C)C(=O)[C@@H](NC(=O)[C@H](C(C)C)N(C)C)C(C)C. The molecule has 1 aromatic rings. The van der Waals surface area contributed by atoms with Crippen LogP contribution in [0.15, 0.2) is 42.2 Å². The van der Waals surface area contributed by atoms with Gasteiger partial charge in [-0.25, -0.2) is 4.79 Å². The van der Waals surface area contributed by atoms with E-state index in [1.807, 2.05) is 90.9 Å². The summed E-state index contributed by atoms with van der Waals surface area (Å²) in [5.41, 5.74) is 0.896. The van der Waals surface area contributed by atoms with E-state index in [1.54, 1.807) is 25.8 Å². The third-order valence-electron chi connectivity index (χ3n) is 11.6. The fraction of sp³-hybridized carbons (Fsp3) is 0.682.